The van der Waals surface area contributed by atoms with Crippen molar-refractivity contribution in [1.29, 1.82) is 5.26 Å². The van der Waals surface area contributed by atoms with Gasteiger partial charge in [-0.1, -0.05) is 41.4 Å². The summed E-state index contributed by atoms with van der Waals surface area (Å²) in [4.78, 5) is 12.6. The molecule has 3 rings (SSSR count). The number of hydrogen-bond acceptors (Lipinski definition) is 4. The van der Waals surface area contributed by atoms with Gasteiger partial charge in [0.25, 0.3) is 5.91 Å². The number of nitrogens with one attached hydrogen (secondary N) is 1. The molecule has 0 saturated heterocycles. The molecule has 3 aromatic rings. The van der Waals surface area contributed by atoms with Crippen molar-refractivity contribution in [2.24, 2.45) is 0 Å². The Morgan fingerprint density at radius 3 is 2.58 bits per heavy atom. The third-order valence-corrected chi connectivity index (χ3v) is 5.41. The minimum atomic E-state index is -0.489. The number of aryl methyl sites for hydroxylation is 1. The summed E-state index contributed by atoms with van der Waals surface area (Å²) in [5.74, 6) is 0.532. The highest BCUT2D eigenvalue weighted by Gasteiger charge is 2.15. The number of nitriles is 1. The van der Waals surface area contributed by atoms with E-state index in [1.807, 2.05) is 50.2 Å². The number of ether oxygens (including phenoxy) is 2. The summed E-state index contributed by atoms with van der Waals surface area (Å²) in [5.41, 5.74) is 3.21. The number of carbonyl (C=O) groups is 1. The van der Waals surface area contributed by atoms with Crippen molar-refractivity contribution in [2.45, 2.75) is 20.5 Å². The highest BCUT2D eigenvalue weighted by molar-refractivity contribution is 9.10. The third kappa shape index (κ3) is 6.85. The van der Waals surface area contributed by atoms with Gasteiger partial charge >= 0.3 is 0 Å². The zero-order valence-corrected chi connectivity index (χ0v) is 20.5. The molecule has 0 heterocycles. The molecular weight excluding hydrogens is 504 g/mol. The van der Waals surface area contributed by atoms with Gasteiger partial charge in [0.2, 0.25) is 0 Å². The van der Waals surface area contributed by atoms with E-state index in [-0.39, 0.29) is 5.57 Å². The van der Waals surface area contributed by atoms with Crippen LogP contribution in [0.1, 0.15) is 23.6 Å². The number of anilines is 1. The number of rotatable bonds is 8. The molecule has 0 bridgehead atoms. The van der Waals surface area contributed by atoms with Crippen molar-refractivity contribution in [3.8, 4) is 17.6 Å². The van der Waals surface area contributed by atoms with E-state index in [2.05, 4.69) is 21.2 Å². The smallest absolute Gasteiger partial charge is 0.266 e. The molecule has 7 heteroatoms. The van der Waals surface area contributed by atoms with E-state index >= 15 is 0 Å². The van der Waals surface area contributed by atoms with Gasteiger partial charge in [-0.3, -0.25) is 4.79 Å². The normalized spacial score (nSPS) is 10.9. The fraction of sp³-hybridized carbons (Fsp3) is 0.154. The van der Waals surface area contributed by atoms with Crippen LogP contribution in [-0.2, 0) is 11.4 Å². The Morgan fingerprint density at radius 1 is 1.15 bits per heavy atom. The summed E-state index contributed by atoms with van der Waals surface area (Å²) in [6.45, 7) is 4.55. The Labute approximate surface area is 206 Å². The molecule has 0 aliphatic heterocycles. The molecule has 0 radical (unpaired) electrons. The Kier molecular flexibility index (Phi) is 8.53. The lowest BCUT2D eigenvalue weighted by Gasteiger charge is -2.15. The van der Waals surface area contributed by atoms with Crippen LogP contribution < -0.4 is 14.8 Å². The monoisotopic (exact) mass is 524 g/mol. The molecule has 0 spiro atoms. The van der Waals surface area contributed by atoms with Crippen LogP contribution >= 0.6 is 27.5 Å². The summed E-state index contributed by atoms with van der Waals surface area (Å²) in [7, 11) is 0. The fourth-order valence-corrected chi connectivity index (χ4v) is 3.79. The maximum absolute atomic E-state index is 12.6. The number of nitrogens with zero attached hydrogens (tertiary/aromatic N) is 1. The van der Waals surface area contributed by atoms with Crippen LogP contribution in [0.25, 0.3) is 6.08 Å². The molecule has 0 aliphatic carbocycles. The van der Waals surface area contributed by atoms with E-state index in [1.165, 1.54) is 6.08 Å². The van der Waals surface area contributed by atoms with Gasteiger partial charge in [-0.15, -0.1) is 0 Å². The first-order chi connectivity index (χ1) is 15.9. The molecular formula is C26H22BrClN2O3. The van der Waals surface area contributed by atoms with Crippen LogP contribution in [0.3, 0.4) is 0 Å². The first-order valence-corrected chi connectivity index (χ1v) is 11.4. The SMILES string of the molecule is CCOc1cc(/C=C(\C#N)C(=O)Nc2ccc(C)cc2)cc(Br)c1OCc1cccc(Cl)c1. The van der Waals surface area contributed by atoms with Crippen LogP contribution in [0.4, 0.5) is 5.69 Å². The minimum Gasteiger partial charge on any atom is -0.490 e. The van der Waals surface area contributed by atoms with E-state index in [9.17, 15) is 10.1 Å². The average Bonchev–Trinajstić information content (AvgIpc) is 2.78. The third-order valence-electron chi connectivity index (χ3n) is 4.59. The van der Waals surface area contributed by atoms with Crippen LogP contribution in [0.2, 0.25) is 5.02 Å². The van der Waals surface area contributed by atoms with Gasteiger partial charge in [0, 0.05) is 10.7 Å². The number of halogens is 2. The lowest BCUT2D eigenvalue weighted by molar-refractivity contribution is -0.112. The second kappa shape index (κ2) is 11.6. The van der Waals surface area contributed by atoms with E-state index < -0.39 is 5.91 Å². The summed E-state index contributed by atoms with van der Waals surface area (Å²) in [6.07, 6.45) is 1.51. The van der Waals surface area contributed by atoms with Crippen molar-refractivity contribution in [1.82, 2.24) is 0 Å². The van der Waals surface area contributed by atoms with Crippen LogP contribution in [0.5, 0.6) is 11.5 Å². The molecule has 0 unspecified atom stereocenters. The predicted octanol–water partition coefficient (Wildman–Crippen LogP) is 6.93. The lowest BCUT2D eigenvalue weighted by Crippen LogP contribution is -2.13. The minimum absolute atomic E-state index is 0.0301. The molecule has 0 fully saturated rings. The number of benzene rings is 3. The van der Waals surface area contributed by atoms with E-state index in [0.29, 0.717) is 45.5 Å². The molecule has 0 aromatic heterocycles. The summed E-state index contributed by atoms with van der Waals surface area (Å²) < 4.78 is 12.4. The van der Waals surface area contributed by atoms with Crippen LogP contribution in [0.15, 0.2) is 70.7 Å². The molecule has 0 aliphatic rings. The van der Waals surface area contributed by atoms with E-state index in [1.54, 1.807) is 30.3 Å². The molecule has 3 aromatic carbocycles. The highest BCUT2D eigenvalue weighted by atomic mass is 79.9. The van der Waals surface area contributed by atoms with E-state index in [0.717, 1.165) is 11.1 Å². The number of carbonyl (C=O) groups excluding carboxylic acids is 1. The summed E-state index contributed by atoms with van der Waals surface area (Å²) in [5, 5.41) is 12.9. The zero-order valence-electron chi connectivity index (χ0n) is 18.2. The maximum atomic E-state index is 12.6. The van der Waals surface area contributed by atoms with Crippen LogP contribution in [0, 0.1) is 18.3 Å². The van der Waals surface area contributed by atoms with Crippen molar-refractivity contribution < 1.29 is 14.3 Å². The van der Waals surface area contributed by atoms with Gasteiger partial charge in [0.1, 0.15) is 18.2 Å². The Bertz CT molecular complexity index is 1220. The second-order valence-electron chi connectivity index (χ2n) is 7.17. The van der Waals surface area contributed by atoms with Crippen molar-refractivity contribution >= 4 is 45.2 Å². The molecule has 168 valence electrons. The Hall–Kier alpha value is -3.27. The highest BCUT2D eigenvalue weighted by Crippen LogP contribution is 2.38. The topological polar surface area (TPSA) is 71.3 Å². The van der Waals surface area contributed by atoms with Crippen molar-refractivity contribution in [2.75, 3.05) is 11.9 Å². The molecule has 5 nitrogen and oxygen atoms in total. The van der Waals surface area contributed by atoms with Crippen molar-refractivity contribution in [3.05, 3.63) is 92.4 Å². The molecule has 1 amide bonds. The molecule has 0 saturated carbocycles. The number of amides is 1. The van der Waals surface area contributed by atoms with Crippen LogP contribution in [-0.4, -0.2) is 12.5 Å². The molecule has 1 N–H and O–H groups in total. The molecule has 0 atom stereocenters. The van der Waals surface area contributed by atoms with E-state index in [4.69, 9.17) is 21.1 Å². The zero-order chi connectivity index (χ0) is 23.8. The standard InChI is InChI=1S/C26H22BrClN2O3/c1-3-32-24-14-19(11-20(15-29)26(31)30-22-9-7-17(2)8-10-22)13-23(27)25(24)33-16-18-5-4-6-21(28)12-18/h4-14H,3,16H2,1-2H3,(H,30,31)/b20-11+. The fourth-order valence-electron chi connectivity index (χ4n) is 3.01. The van der Waals surface area contributed by atoms with Gasteiger partial charge < -0.3 is 14.8 Å². The molecule has 33 heavy (non-hydrogen) atoms. The largest absolute Gasteiger partial charge is 0.490 e. The quantitative estimate of drug-likeness (QED) is 0.256. The Morgan fingerprint density at radius 2 is 1.91 bits per heavy atom. The van der Waals surface area contributed by atoms with Gasteiger partial charge in [0.15, 0.2) is 11.5 Å². The first-order valence-electron chi connectivity index (χ1n) is 10.2. The van der Waals surface area contributed by atoms with Gasteiger partial charge in [0.05, 0.1) is 11.1 Å². The van der Waals surface area contributed by atoms with Crippen molar-refractivity contribution in [3.63, 3.8) is 0 Å². The predicted molar refractivity (Wildman–Crippen MR) is 134 cm³/mol. The first kappa shape index (κ1) is 24.4. The van der Waals surface area contributed by atoms with Gasteiger partial charge in [-0.25, -0.2) is 0 Å². The summed E-state index contributed by atoms with van der Waals surface area (Å²) in [6, 6.07) is 20.2. The van der Waals surface area contributed by atoms with Gasteiger partial charge in [-0.05, 0) is 83.4 Å². The lowest BCUT2D eigenvalue weighted by atomic mass is 10.1. The number of hydrogen-bond donors (Lipinski definition) is 1. The summed E-state index contributed by atoms with van der Waals surface area (Å²) >= 11 is 9.57. The second-order valence-corrected chi connectivity index (χ2v) is 8.46. The Balaban J connectivity index is 1.84. The maximum Gasteiger partial charge on any atom is 0.266 e. The van der Waals surface area contributed by atoms with Gasteiger partial charge in [-0.2, -0.15) is 5.26 Å². The average molecular weight is 526 g/mol.